The quantitative estimate of drug-likeness (QED) is 0.665. The number of rotatable bonds is 5. The molecule has 0 radical (unpaired) electrons. The summed E-state index contributed by atoms with van der Waals surface area (Å²) in [7, 11) is 1.50. The Bertz CT molecular complexity index is 976. The van der Waals surface area contributed by atoms with E-state index in [1.54, 1.807) is 36.4 Å². The normalized spacial score (nSPS) is 10.6. The summed E-state index contributed by atoms with van der Waals surface area (Å²) in [5.41, 5.74) is -0.104. The monoisotopic (exact) mass is 340 g/mol. The van der Waals surface area contributed by atoms with E-state index in [2.05, 4.69) is 15.7 Å². The Morgan fingerprint density at radius 3 is 2.40 bits per heavy atom. The summed E-state index contributed by atoms with van der Waals surface area (Å²) < 4.78 is 6.11. The van der Waals surface area contributed by atoms with Crippen LogP contribution in [0.3, 0.4) is 0 Å². The number of benzene rings is 1. The zero-order valence-corrected chi connectivity index (χ0v) is 13.5. The number of hydrogen-bond donors (Lipinski definition) is 2. The lowest BCUT2D eigenvalue weighted by Gasteiger charge is -2.09. The predicted molar refractivity (Wildman–Crippen MR) is 90.4 cm³/mol. The number of furan rings is 1. The highest BCUT2D eigenvalue weighted by atomic mass is 16.3. The Balaban J connectivity index is 1.66. The first-order valence-corrected chi connectivity index (χ1v) is 7.64. The fraction of sp³-hybridized carbons (Fsp3) is 0.176. The number of aryl methyl sites for hydroxylation is 1. The molecule has 0 aliphatic carbocycles. The number of nitrogens with one attached hydrogen (secondary N) is 2. The van der Waals surface area contributed by atoms with Crippen molar-refractivity contribution in [3.8, 4) is 0 Å². The van der Waals surface area contributed by atoms with Gasteiger partial charge >= 0.3 is 0 Å². The number of carbonyl (C=O) groups excluding carboxylic acids is 2. The van der Waals surface area contributed by atoms with Gasteiger partial charge in [-0.25, -0.2) is 4.68 Å². The van der Waals surface area contributed by atoms with Gasteiger partial charge in [-0.2, -0.15) is 5.10 Å². The zero-order chi connectivity index (χ0) is 17.8. The predicted octanol–water partition coefficient (Wildman–Crippen LogP) is 0.686. The molecule has 0 spiro atoms. The molecule has 128 valence electrons. The van der Waals surface area contributed by atoms with Gasteiger partial charge in [-0.05, 0) is 18.2 Å². The molecule has 8 nitrogen and oxygen atoms in total. The molecule has 2 N–H and O–H groups in total. The number of carbonyl (C=O) groups is 2. The van der Waals surface area contributed by atoms with Crippen molar-refractivity contribution >= 4 is 22.6 Å². The first-order valence-electron chi connectivity index (χ1n) is 7.64. The molecule has 0 atom stereocenters. The van der Waals surface area contributed by atoms with E-state index >= 15 is 0 Å². The lowest BCUT2D eigenvalue weighted by Crippen LogP contribution is -2.36. The van der Waals surface area contributed by atoms with Crippen LogP contribution in [-0.4, -0.2) is 34.7 Å². The third-order valence-corrected chi connectivity index (χ3v) is 3.61. The van der Waals surface area contributed by atoms with E-state index in [-0.39, 0.29) is 36.0 Å². The summed E-state index contributed by atoms with van der Waals surface area (Å²) in [6.07, 6.45) is 1.41. The van der Waals surface area contributed by atoms with E-state index in [4.69, 9.17) is 4.42 Å². The third kappa shape index (κ3) is 3.42. The fourth-order valence-corrected chi connectivity index (χ4v) is 2.40. The molecular weight excluding hydrogens is 324 g/mol. The van der Waals surface area contributed by atoms with E-state index in [0.29, 0.717) is 10.8 Å². The van der Waals surface area contributed by atoms with Crippen molar-refractivity contribution in [2.45, 2.75) is 0 Å². The smallest absolute Gasteiger partial charge is 0.287 e. The fourth-order valence-electron chi connectivity index (χ4n) is 2.40. The van der Waals surface area contributed by atoms with Crippen LogP contribution in [0.2, 0.25) is 0 Å². The van der Waals surface area contributed by atoms with Gasteiger partial charge in [0.05, 0.1) is 11.6 Å². The Kier molecular flexibility index (Phi) is 4.60. The van der Waals surface area contributed by atoms with Crippen molar-refractivity contribution in [3.63, 3.8) is 0 Å². The van der Waals surface area contributed by atoms with Crippen molar-refractivity contribution in [1.29, 1.82) is 0 Å². The molecule has 0 fully saturated rings. The standard InChI is InChI=1S/C17H16N4O4/c1-21-17(24)12-6-3-2-5-11(12)14(20-21)16(23)19-9-8-18-15(22)13-7-4-10-25-13/h2-7,10H,8-9H2,1H3,(H,18,22)(H,19,23). The molecule has 0 aliphatic heterocycles. The van der Waals surface area contributed by atoms with E-state index in [0.717, 1.165) is 4.68 Å². The second-order valence-electron chi connectivity index (χ2n) is 5.31. The summed E-state index contributed by atoms with van der Waals surface area (Å²) in [5.74, 6) is -0.568. The first-order chi connectivity index (χ1) is 12.1. The number of nitrogens with zero attached hydrogens (tertiary/aromatic N) is 2. The number of aromatic nitrogens is 2. The summed E-state index contributed by atoms with van der Waals surface area (Å²) in [5, 5.41) is 10.3. The van der Waals surface area contributed by atoms with E-state index < -0.39 is 5.91 Å². The molecule has 3 aromatic rings. The maximum atomic E-state index is 12.4. The van der Waals surface area contributed by atoms with Crippen molar-refractivity contribution in [2.75, 3.05) is 13.1 Å². The SMILES string of the molecule is Cn1nc(C(=O)NCCNC(=O)c2ccco2)c2ccccc2c1=O. The number of hydrogen-bond acceptors (Lipinski definition) is 5. The van der Waals surface area contributed by atoms with Crippen LogP contribution in [0, 0.1) is 0 Å². The second kappa shape index (κ2) is 7.00. The van der Waals surface area contributed by atoms with Gasteiger partial charge in [0.15, 0.2) is 11.5 Å². The van der Waals surface area contributed by atoms with Crippen LogP contribution in [-0.2, 0) is 7.05 Å². The molecule has 0 bridgehead atoms. The van der Waals surface area contributed by atoms with E-state index in [9.17, 15) is 14.4 Å². The van der Waals surface area contributed by atoms with Crippen LogP contribution in [0.15, 0.2) is 51.9 Å². The van der Waals surface area contributed by atoms with Crippen LogP contribution in [0.5, 0.6) is 0 Å². The Labute approximate surface area is 142 Å². The van der Waals surface area contributed by atoms with Crippen molar-refractivity contribution in [3.05, 3.63) is 64.5 Å². The Morgan fingerprint density at radius 1 is 1.04 bits per heavy atom. The lowest BCUT2D eigenvalue weighted by atomic mass is 10.1. The molecule has 0 aliphatic rings. The summed E-state index contributed by atoms with van der Waals surface area (Å²) in [6, 6.07) is 9.97. The minimum Gasteiger partial charge on any atom is -0.459 e. The molecule has 2 aromatic heterocycles. The van der Waals surface area contributed by atoms with Gasteiger partial charge in [-0.1, -0.05) is 18.2 Å². The molecule has 25 heavy (non-hydrogen) atoms. The van der Waals surface area contributed by atoms with E-state index in [1.807, 2.05) is 0 Å². The zero-order valence-electron chi connectivity index (χ0n) is 13.5. The van der Waals surface area contributed by atoms with Gasteiger partial charge < -0.3 is 15.1 Å². The van der Waals surface area contributed by atoms with Crippen molar-refractivity contribution in [2.24, 2.45) is 7.05 Å². The number of fused-ring (bicyclic) bond motifs is 1. The van der Waals surface area contributed by atoms with Gasteiger partial charge in [-0.3, -0.25) is 14.4 Å². The summed E-state index contributed by atoms with van der Waals surface area (Å²) >= 11 is 0. The van der Waals surface area contributed by atoms with Crippen LogP contribution < -0.4 is 16.2 Å². The highest BCUT2D eigenvalue weighted by molar-refractivity contribution is 6.04. The van der Waals surface area contributed by atoms with Crippen LogP contribution in [0.1, 0.15) is 21.0 Å². The second-order valence-corrected chi connectivity index (χ2v) is 5.31. The molecule has 8 heteroatoms. The summed E-state index contributed by atoms with van der Waals surface area (Å²) in [4.78, 5) is 36.1. The van der Waals surface area contributed by atoms with Crippen LogP contribution in [0.25, 0.3) is 10.8 Å². The van der Waals surface area contributed by atoms with Crippen LogP contribution >= 0.6 is 0 Å². The first kappa shape index (κ1) is 16.4. The minimum atomic E-state index is -0.418. The highest BCUT2D eigenvalue weighted by Crippen LogP contribution is 2.12. The molecule has 0 unspecified atom stereocenters. The molecule has 1 aromatic carbocycles. The maximum absolute atomic E-state index is 12.4. The van der Waals surface area contributed by atoms with Crippen LogP contribution in [0.4, 0.5) is 0 Å². The molecule has 0 saturated carbocycles. The third-order valence-electron chi connectivity index (χ3n) is 3.61. The topological polar surface area (TPSA) is 106 Å². The van der Waals surface area contributed by atoms with Gasteiger partial charge in [-0.15, -0.1) is 0 Å². The largest absolute Gasteiger partial charge is 0.459 e. The lowest BCUT2D eigenvalue weighted by molar-refractivity contribution is 0.0909. The van der Waals surface area contributed by atoms with Gasteiger partial charge in [0.25, 0.3) is 17.4 Å². The van der Waals surface area contributed by atoms with Crippen molar-refractivity contribution < 1.29 is 14.0 Å². The van der Waals surface area contributed by atoms with E-state index in [1.165, 1.54) is 13.3 Å². The number of amides is 2. The van der Waals surface area contributed by atoms with Gasteiger partial charge in [0.2, 0.25) is 0 Å². The molecule has 2 amide bonds. The average molecular weight is 340 g/mol. The Morgan fingerprint density at radius 2 is 1.72 bits per heavy atom. The van der Waals surface area contributed by atoms with Gasteiger partial charge in [0, 0.05) is 25.5 Å². The maximum Gasteiger partial charge on any atom is 0.287 e. The molecular formula is C17H16N4O4. The summed E-state index contributed by atoms with van der Waals surface area (Å²) in [6.45, 7) is 0.444. The molecule has 2 heterocycles. The molecule has 3 rings (SSSR count). The molecule has 0 saturated heterocycles. The van der Waals surface area contributed by atoms with Crippen molar-refractivity contribution in [1.82, 2.24) is 20.4 Å². The van der Waals surface area contributed by atoms with Gasteiger partial charge in [0.1, 0.15) is 0 Å². The highest BCUT2D eigenvalue weighted by Gasteiger charge is 2.15. The average Bonchev–Trinajstić information content (AvgIpc) is 3.16. The minimum absolute atomic E-state index is 0.162. The Hall–Kier alpha value is -3.42.